The van der Waals surface area contributed by atoms with Crippen LogP contribution in [0.5, 0.6) is 0 Å². The zero-order valence-electron chi connectivity index (χ0n) is 11.3. The van der Waals surface area contributed by atoms with E-state index in [4.69, 9.17) is 18.0 Å². The van der Waals surface area contributed by atoms with Gasteiger partial charge in [-0.2, -0.15) is 0 Å². The lowest BCUT2D eigenvalue weighted by Crippen LogP contribution is -2.41. The highest BCUT2D eigenvalue weighted by Crippen LogP contribution is 2.20. The Labute approximate surface area is 114 Å². The average Bonchev–Trinajstić information content (AvgIpc) is 2.26. The molecule has 0 bridgehead atoms. The van der Waals surface area contributed by atoms with Crippen LogP contribution in [0.2, 0.25) is 0 Å². The number of nitrogens with zero attached hydrogens (tertiary/aromatic N) is 1. The number of hydrogen-bond donors (Lipinski definition) is 1. The molecular weight excluding hydrogens is 244 g/mol. The maximum atomic E-state index is 12.4. The summed E-state index contributed by atoms with van der Waals surface area (Å²) >= 11 is 4.99. The summed E-state index contributed by atoms with van der Waals surface area (Å²) in [6.07, 6.45) is 0. The first-order chi connectivity index (χ1) is 8.34. The number of carbonyl (C=O) groups is 1. The van der Waals surface area contributed by atoms with Crippen LogP contribution in [0.15, 0.2) is 24.3 Å². The molecule has 1 atom stereocenters. The Morgan fingerprint density at radius 2 is 2.00 bits per heavy atom. The van der Waals surface area contributed by atoms with Crippen molar-refractivity contribution in [2.75, 3.05) is 11.9 Å². The van der Waals surface area contributed by atoms with Gasteiger partial charge in [-0.1, -0.05) is 38.2 Å². The summed E-state index contributed by atoms with van der Waals surface area (Å²) in [5, 5.41) is 0. The van der Waals surface area contributed by atoms with Crippen molar-refractivity contribution in [3.8, 4) is 0 Å². The fraction of sp³-hybridized carbons (Fsp3) is 0.429. The molecule has 1 aromatic carbocycles. The quantitative estimate of drug-likeness (QED) is 0.850. The van der Waals surface area contributed by atoms with Crippen LogP contribution in [0.4, 0.5) is 5.69 Å². The third kappa shape index (κ3) is 3.29. The van der Waals surface area contributed by atoms with Gasteiger partial charge in [0.15, 0.2) is 0 Å². The number of anilines is 1. The molecule has 1 unspecified atom stereocenters. The average molecular weight is 264 g/mol. The van der Waals surface area contributed by atoms with Crippen LogP contribution in [0.25, 0.3) is 0 Å². The first kappa shape index (κ1) is 14.6. The fourth-order valence-corrected chi connectivity index (χ4v) is 2.28. The molecule has 1 aromatic rings. The minimum atomic E-state index is -0.412. The molecular formula is C14H20N2OS. The highest BCUT2D eigenvalue weighted by atomic mass is 32.1. The van der Waals surface area contributed by atoms with Gasteiger partial charge < -0.3 is 10.6 Å². The van der Waals surface area contributed by atoms with Crippen LogP contribution < -0.4 is 10.6 Å². The molecule has 4 heteroatoms. The van der Waals surface area contributed by atoms with Crippen LogP contribution in [-0.4, -0.2) is 17.9 Å². The molecule has 0 saturated heterocycles. The third-order valence-corrected chi connectivity index (χ3v) is 3.21. The molecule has 3 nitrogen and oxygen atoms in total. The molecule has 0 heterocycles. The number of rotatable bonds is 4. The topological polar surface area (TPSA) is 46.3 Å². The zero-order chi connectivity index (χ0) is 13.9. The van der Waals surface area contributed by atoms with Crippen LogP contribution in [0, 0.1) is 18.8 Å². The third-order valence-electron chi connectivity index (χ3n) is 2.96. The molecule has 0 aliphatic heterocycles. The normalized spacial score (nSPS) is 12.3. The number of carbonyl (C=O) groups excluding carboxylic acids is 1. The summed E-state index contributed by atoms with van der Waals surface area (Å²) in [5.41, 5.74) is 7.65. The minimum Gasteiger partial charge on any atom is -0.393 e. The Morgan fingerprint density at radius 1 is 1.39 bits per heavy atom. The van der Waals surface area contributed by atoms with Crippen molar-refractivity contribution in [3.63, 3.8) is 0 Å². The van der Waals surface area contributed by atoms with Gasteiger partial charge in [-0.25, -0.2) is 0 Å². The monoisotopic (exact) mass is 264 g/mol. The van der Waals surface area contributed by atoms with Crippen LogP contribution in [-0.2, 0) is 4.79 Å². The first-order valence-corrected chi connectivity index (χ1v) is 6.39. The van der Waals surface area contributed by atoms with Crippen molar-refractivity contribution in [1.29, 1.82) is 0 Å². The van der Waals surface area contributed by atoms with Crippen molar-refractivity contribution in [2.45, 2.75) is 20.8 Å². The molecule has 0 spiro atoms. The molecule has 0 radical (unpaired) electrons. The van der Waals surface area contributed by atoms with Crippen LogP contribution in [0.3, 0.4) is 0 Å². The first-order valence-electron chi connectivity index (χ1n) is 5.98. The number of aryl methyl sites for hydroxylation is 1. The standard InChI is InChI=1S/C14H20N2OS/c1-9(2)12(13(15)18)14(17)16(4)11-7-5-6-10(3)8-11/h5-9,12H,1-4H3,(H2,15,18). The van der Waals surface area contributed by atoms with E-state index in [1.165, 1.54) is 0 Å². The van der Waals surface area contributed by atoms with Gasteiger partial charge in [0.25, 0.3) is 0 Å². The van der Waals surface area contributed by atoms with Gasteiger partial charge in [-0.05, 0) is 30.5 Å². The number of hydrogen-bond acceptors (Lipinski definition) is 2. The van der Waals surface area contributed by atoms with E-state index in [0.717, 1.165) is 11.3 Å². The Balaban J connectivity index is 2.99. The lowest BCUT2D eigenvalue weighted by molar-refractivity contribution is -0.121. The van der Waals surface area contributed by atoms with Gasteiger partial charge in [-0.15, -0.1) is 0 Å². The lowest BCUT2D eigenvalue weighted by atomic mass is 9.94. The fourth-order valence-electron chi connectivity index (χ4n) is 1.91. The van der Waals surface area contributed by atoms with Crippen LogP contribution >= 0.6 is 12.2 Å². The highest BCUT2D eigenvalue weighted by Gasteiger charge is 2.28. The van der Waals surface area contributed by atoms with Gasteiger partial charge >= 0.3 is 0 Å². The van der Waals surface area contributed by atoms with Crippen molar-refractivity contribution >= 4 is 28.8 Å². The van der Waals surface area contributed by atoms with E-state index in [1.807, 2.05) is 45.0 Å². The van der Waals surface area contributed by atoms with E-state index in [-0.39, 0.29) is 16.8 Å². The largest absolute Gasteiger partial charge is 0.393 e. The summed E-state index contributed by atoms with van der Waals surface area (Å²) in [6.45, 7) is 5.90. The van der Waals surface area contributed by atoms with Gasteiger partial charge in [0.2, 0.25) is 5.91 Å². The van der Waals surface area contributed by atoms with E-state index in [9.17, 15) is 4.79 Å². The molecule has 2 N–H and O–H groups in total. The minimum absolute atomic E-state index is 0.0527. The molecule has 1 rings (SSSR count). The van der Waals surface area contributed by atoms with Gasteiger partial charge in [0.1, 0.15) is 0 Å². The zero-order valence-corrected chi connectivity index (χ0v) is 12.1. The summed E-state index contributed by atoms with van der Waals surface area (Å²) in [4.78, 5) is 14.3. The Morgan fingerprint density at radius 3 is 2.44 bits per heavy atom. The smallest absolute Gasteiger partial charge is 0.236 e. The predicted molar refractivity (Wildman–Crippen MR) is 79.7 cm³/mol. The number of nitrogens with two attached hydrogens (primary N) is 1. The van der Waals surface area contributed by atoms with Gasteiger partial charge in [-0.3, -0.25) is 4.79 Å². The van der Waals surface area contributed by atoms with E-state index in [1.54, 1.807) is 11.9 Å². The maximum Gasteiger partial charge on any atom is 0.236 e. The maximum absolute atomic E-state index is 12.4. The SMILES string of the molecule is Cc1cccc(N(C)C(=O)C(C(N)=S)C(C)C)c1. The predicted octanol–water partition coefficient (Wildman–Crippen LogP) is 2.52. The Bertz CT molecular complexity index is 457. The van der Waals surface area contributed by atoms with E-state index in [2.05, 4.69) is 0 Å². The summed E-state index contributed by atoms with van der Waals surface area (Å²) in [7, 11) is 1.75. The molecule has 0 aliphatic rings. The van der Waals surface area contributed by atoms with Crippen molar-refractivity contribution in [3.05, 3.63) is 29.8 Å². The Hall–Kier alpha value is -1.42. The molecule has 0 fully saturated rings. The second kappa shape index (κ2) is 5.96. The number of thiocarbonyl (C=S) groups is 1. The lowest BCUT2D eigenvalue weighted by Gasteiger charge is -2.25. The van der Waals surface area contributed by atoms with Gasteiger partial charge in [0.05, 0.1) is 10.9 Å². The summed E-state index contributed by atoms with van der Waals surface area (Å²) in [6, 6.07) is 7.80. The second-order valence-corrected chi connectivity index (χ2v) is 5.33. The van der Waals surface area contributed by atoms with Crippen LogP contribution in [0.1, 0.15) is 19.4 Å². The molecule has 0 saturated carbocycles. The molecule has 98 valence electrons. The summed E-state index contributed by atoms with van der Waals surface area (Å²) < 4.78 is 0. The van der Waals surface area contributed by atoms with Crippen molar-refractivity contribution < 1.29 is 4.79 Å². The van der Waals surface area contributed by atoms with E-state index >= 15 is 0 Å². The molecule has 0 aromatic heterocycles. The van der Waals surface area contributed by atoms with E-state index in [0.29, 0.717) is 0 Å². The Kier molecular flexibility index (Phi) is 4.84. The number of amides is 1. The highest BCUT2D eigenvalue weighted by molar-refractivity contribution is 7.80. The van der Waals surface area contributed by atoms with Gasteiger partial charge in [0, 0.05) is 12.7 Å². The van der Waals surface area contributed by atoms with E-state index < -0.39 is 5.92 Å². The molecule has 18 heavy (non-hydrogen) atoms. The molecule has 0 aliphatic carbocycles. The molecule has 1 amide bonds. The summed E-state index contributed by atoms with van der Waals surface area (Å²) in [5.74, 6) is -0.365. The number of benzene rings is 1. The van der Waals surface area contributed by atoms with Crippen molar-refractivity contribution in [2.24, 2.45) is 17.6 Å². The second-order valence-electron chi connectivity index (χ2n) is 4.86. The van der Waals surface area contributed by atoms with Crippen molar-refractivity contribution in [1.82, 2.24) is 0 Å².